The van der Waals surface area contributed by atoms with Crippen LogP contribution >= 0.6 is 12.4 Å². The van der Waals surface area contributed by atoms with Crippen LogP contribution in [-0.4, -0.2) is 23.5 Å². The predicted octanol–water partition coefficient (Wildman–Crippen LogP) is 4.61. The maximum Gasteiger partial charge on any atom is 0.330 e. The Hall–Kier alpha value is -3.71. The monoisotopic (exact) mass is 455 g/mol. The van der Waals surface area contributed by atoms with Gasteiger partial charge in [0.15, 0.2) is 6.04 Å². The van der Waals surface area contributed by atoms with E-state index >= 15 is 0 Å². The van der Waals surface area contributed by atoms with Crippen molar-refractivity contribution in [2.45, 2.75) is 19.6 Å². The molecule has 0 amide bonds. The molecule has 0 saturated carbocycles. The summed E-state index contributed by atoms with van der Waals surface area (Å²) in [5, 5.41) is 20.3. The molecule has 32 heavy (non-hydrogen) atoms. The molecule has 3 aromatic carbocycles. The maximum atomic E-state index is 12.0. The van der Waals surface area contributed by atoms with Gasteiger partial charge in [-0.2, -0.15) is 0 Å². The standard InChI is InChI=1S/C24H25N3O4.ClH/c1-2-30-20-12-18(13-21(14-20)31-15-16-6-4-3-5-7-16)22(24(28)29)27-19-10-8-17(9-11-19)23(25)26;/h3-14,22,27H,2,15H2,1H3,(H3,25,26)(H,28,29);1H. The van der Waals surface area contributed by atoms with Crippen molar-refractivity contribution in [3.63, 3.8) is 0 Å². The van der Waals surface area contributed by atoms with Crippen molar-refractivity contribution in [1.82, 2.24) is 0 Å². The minimum absolute atomic E-state index is 0. The summed E-state index contributed by atoms with van der Waals surface area (Å²) in [5.41, 5.74) is 8.13. The summed E-state index contributed by atoms with van der Waals surface area (Å²) < 4.78 is 11.5. The molecule has 1 atom stereocenters. The Morgan fingerprint density at radius 3 is 2.22 bits per heavy atom. The highest BCUT2D eigenvalue weighted by molar-refractivity contribution is 5.95. The third-order valence-corrected chi connectivity index (χ3v) is 4.55. The normalized spacial score (nSPS) is 11.0. The lowest BCUT2D eigenvalue weighted by atomic mass is 10.1. The zero-order valence-corrected chi connectivity index (χ0v) is 18.4. The molecule has 1 unspecified atom stereocenters. The SMILES string of the molecule is CCOc1cc(OCc2ccccc2)cc(C(Nc2ccc(C(=N)N)cc2)C(=O)O)c1.Cl. The third kappa shape index (κ3) is 6.65. The highest BCUT2D eigenvalue weighted by Gasteiger charge is 2.22. The fraction of sp³-hybridized carbons (Fsp3) is 0.167. The van der Waals surface area contributed by atoms with Gasteiger partial charge in [-0.15, -0.1) is 12.4 Å². The van der Waals surface area contributed by atoms with E-state index in [1.807, 2.05) is 37.3 Å². The zero-order valence-electron chi connectivity index (χ0n) is 17.6. The molecule has 0 radical (unpaired) electrons. The molecular formula is C24H26ClN3O4. The second kappa shape index (κ2) is 11.6. The first-order valence-electron chi connectivity index (χ1n) is 9.84. The molecule has 168 valence electrons. The molecule has 5 N–H and O–H groups in total. The Morgan fingerprint density at radius 1 is 1.03 bits per heavy atom. The number of nitrogen functional groups attached to an aromatic ring is 1. The van der Waals surface area contributed by atoms with Crippen molar-refractivity contribution in [2.24, 2.45) is 5.73 Å². The lowest BCUT2D eigenvalue weighted by molar-refractivity contribution is -0.138. The van der Waals surface area contributed by atoms with Gasteiger partial charge in [-0.25, -0.2) is 4.79 Å². The summed E-state index contributed by atoms with van der Waals surface area (Å²) in [7, 11) is 0. The van der Waals surface area contributed by atoms with Gasteiger partial charge in [0, 0.05) is 17.3 Å². The summed E-state index contributed by atoms with van der Waals surface area (Å²) in [5.74, 6) is -0.0444. The summed E-state index contributed by atoms with van der Waals surface area (Å²) in [4.78, 5) is 12.0. The summed E-state index contributed by atoms with van der Waals surface area (Å²) in [6.45, 7) is 2.66. The van der Waals surface area contributed by atoms with Crippen LogP contribution in [0.1, 0.15) is 29.7 Å². The molecule has 7 nitrogen and oxygen atoms in total. The molecule has 0 fully saturated rings. The molecule has 8 heteroatoms. The first-order chi connectivity index (χ1) is 15.0. The molecule has 0 saturated heterocycles. The van der Waals surface area contributed by atoms with Crippen LogP contribution < -0.4 is 20.5 Å². The zero-order chi connectivity index (χ0) is 22.2. The fourth-order valence-corrected chi connectivity index (χ4v) is 3.03. The number of carboxylic acids is 1. The van der Waals surface area contributed by atoms with Gasteiger partial charge in [-0.05, 0) is 54.4 Å². The van der Waals surface area contributed by atoms with E-state index in [-0.39, 0.29) is 18.2 Å². The number of hydrogen-bond donors (Lipinski definition) is 4. The Kier molecular flexibility index (Phi) is 8.92. The van der Waals surface area contributed by atoms with Gasteiger partial charge < -0.3 is 25.6 Å². The number of rotatable bonds is 10. The summed E-state index contributed by atoms with van der Waals surface area (Å²) >= 11 is 0. The Labute approximate surface area is 193 Å². The van der Waals surface area contributed by atoms with Crippen LogP contribution in [0.5, 0.6) is 11.5 Å². The Balaban J connectivity index is 0.00000363. The number of nitrogens with one attached hydrogen (secondary N) is 2. The second-order valence-electron chi connectivity index (χ2n) is 6.85. The van der Waals surface area contributed by atoms with Gasteiger partial charge in [0.25, 0.3) is 0 Å². The molecule has 3 aromatic rings. The van der Waals surface area contributed by atoms with E-state index in [2.05, 4.69) is 5.32 Å². The molecule has 0 aliphatic carbocycles. The highest BCUT2D eigenvalue weighted by Crippen LogP contribution is 2.30. The number of carbonyl (C=O) groups is 1. The van der Waals surface area contributed by atoms with Crippen molar-refractivity contribution in [1.29, 1.82) is 5.41 Å². The molecule has 0 spiro atoms. The van der Waals surface area contributed by atoms with E-state index in [4.69, 9.17) is 20.6 Å². The first-order valence-corrected chi connectivity index (χ1v) is 9.84. The Morgan fingerprint density at radius 2 is 1.66 bits per heavy atom. The lowest BCUT2D eigenvalue weighted by Gasteiger charge is -2.19. The van der Waals surface area contributed by atoms with Crippen molar-refractivity contribution in [3.8, 4) is 11.5 Å². The van der Waals surface area contributed by atoms with Gasteiger partial charge in [0.1, 0.15) is 23.9 Å². The van der Waals surface area contributed by atoms with E-state index in [1.165, 1.54) is 0 Å². The van der Waals surface area contributed by atoms with Gasteiger partial charge in [0.2, 0.25) is 0 Å². The molecule has 0 heterocycles. The van der Waals surface area contributed by atoms with Crippen molar-refractivity contribution in [2.75, 3.05) is 11.9 Å². The summed E-state index contributed by atoms with van der Waals surface area (Å²) in [6, 6.07) is 20.5. The number of aliphatic carboxylic acids is 1. The van der Waals surface area contributed by atoms with Crippen molar-refractivity contribution < 1.29 is 19.4 Å². The largest absolute Gasteiger partial charge is 0.494 e. The number of ether oxygens (including phenoxy) is 2. The van der Waals surface area contributed by atoms with E-state index in [9.17, 15) is 9.90 Å². The van der Waals surface area contributed by atoms with Gasteiger partial charge in [0.05, 0.1) is 6.61 Å². The van der Waals surface area contributed by atoms with Gasteiger partial charge >= 0.3 is 5.97 Å². The molecule has 0 bridgehead atoms. The number of anilines is 1. The molecule has 0 aliphatic rings. The molecule has 0 aromatic heterocycles. The average molecular weight is 456 g/mol. The van der Waals surface area contributed by atoms with E-state index in [0.717, 1.165) is 5.56 Å². The lowest BCUT2D eigenvalue weighted by Crippen LogP contribution is -2.21. The maximum absolute atomic E-state index is 12.0. The van der Waals surface area contributed by atoms with E-state index < -0.39 is 12.0 Å². The van der Waals surface area contributed by atoms with Crippen LogP contribution in [0.3, 0.4) is 0 Å². The van der Waals surface area contributed by atoms with Crippen LogP contribution in [-0.2, 0) is 11.4 Å². The molecule has 0 aliphatic heterocycles. The molecule has 3 rings (SSSR count). The van der Waals surface area contributed by atoms with Crippen LogP contribution in [0, 0.1) is 5.41 Å². The van der Waals surface area contributed by atoms with Crippen LogP contribution in [0.2, 0.25) is 0 Å². The minimum atomic E-state index is -1.04. The van der Waals surface area contributed by atoms with Crippen LogP contribution in [0.4, 0.5) is 5.69 Å². The van der Waals surface area contributed by atoms with E-state index in [0.29, 0.717) is 41.5 Å². The van der Waals surface area contributed by atoms with E-state index in [1.54, 1.807) is 42.5 Å². The topological polar surface area (TPSA) is 118 Å². The second-order valence-corrected chi connectivity index (χ2v) is 6.85. The van der Waals surface area contributed by atoms with Crippen LogP contribution in [0.25, 0.3) is 0 Å². The number of carboxylic acid groups (broad SMARTS) is 1. The van der Waals surface area contributed by atoms with Crippen LogP contribution in [0.15, 0.2) is 72.8 Å². The number of halogens is 1. The third-order valence-electron chi connectivity index (χ3n) is 4.55. The minimum Gasteiger partial charge on any atom is -0.494 e. The van der Waals surface area contributed by atoms with Gasteiger partial charge in [-0.1, -0.05) is 30.3 Å². The number of nitrogens with two attached hydrogens (primary N) is 1. The molecular weight excluding hydrogens is 430 g/mol. The summed E-state index contributed by atoms with van der Waals surface area (Å²) in [6.07, 6.45) is 0. The first kappa shape index (κ1) is 24.6. The van der Waals surface area contributed by atoms with Gasteiger partial charge in [-0.3, -0.25) is 5.41 Å². The smallest absolute Gasteiger partial charge is 0.330 e. The fourth-order valence-electron chi connectivity index (χ4n) is 3.03. The number of amidine groups is 1. The highest BCUT2D eigenvalue weighted by atomic mass is 35.5. The predicted molar refractivity (Wildman–Crippen MR) is 127 cm³/mol. The van der Waals surface area contributed by atoms with Crippen molar-refractivity contribution in [3.05, 3.63) is 89.5 Å². The number of benzene rings is 3. The quantitative estimate of drug-likeness (QED) is 0.262. The Bertz CT molecular complexity index is 1040. The average Bonchev–Trinajstić information content (AvgIpc) is 2.77. The van der Waals surface area contributed by atoms with Crippen molar-refractivity contribution >= 4 is 29.9 Å². The number of hydrogen-bond acceptors (Lipinski definition) is 5.